The first-order valence-corrected chi connectivity index (χ1v) is 9.03. The van der Waals surface area contributed by atoms with Gasteiger partial charge in [0.1, 0.15) is 0 Å². The molecular formula is C15H24INS. The van der Waals surface area contributed by atoms with Gasteiger partial charge >= 0.3 is 0 Å². The fraction of sp³-hybridized carbons (Fsp3) is 0.733. The van der Waals surface area contributed by atoms with Gasteiger partial charge in [-0.1, -0.05) is 20.8 Å². The van der Waals surface area contributed by atoms with Gasteiger partial charge in [0.15, 0.2) is 0 Å². The van der Waals surface area contributed by atoms with Gasteiger partial charge in [-0.05, 0) is 83.2 Å². The summed E-state index contributed by atoms with van der Waals surface area (Å²) in [5.41, 5.74) is 1.51. The van der Waals surface area contributed by atoms with Crippen LogP contribution in [-0.4, -0.2) is 6.54 Å². The topological polar surface area (TPSA) is 12.0 Å². The predicted octanol–water partition coefficient (Wildman–Crippen LogP) is 5.08. The lowest BCUT2D eigenvalue weighted by Gasteiger charge is -2.36. The molecule has 1 heterocycles. The Morgan fingerprint density at radius 1 is 1.33 bits per heavy atom. The number of thiophene rings is 1. The minimum absolute atomic E-state index is 0.569. The Balaban J connectivity index is 2.14. The molecular weight excluding hydrogens is 353 g/mol. The third kappa shape index (κ3) is 3.70. The zero-order valence-corrected chi connectivity index (χ0v) is 14.6. The zero-order chi connectivity index (χ0) is 13.1. The maximum absolute atomic E-state index is 3.73. The van der Waals surface area contributed by atoms with Gasteiger partial charge in [0.2, 0.25) is 0 Å². The third-order valence-electron chi connectivity index (χ3n) is 4.06. The van der Waals surface area contributed by atoms with Crippen LogP contribution in [-0.2, 0) is 0 Å². The van der Waals surface area contributed by atoms with E-state index in [0.29, 0.717) is 6.04 Å². The van der Waals surface area contributed by atoms with Crippen molar-refractivity contribution in [1.82, 2.24) is 5.32 Å². The zero-order valence-electron chi connectivity index (χ0n) is 11.6. The lowest BCUT2D eigenvalue weighted by Crippen LogP contribution is -2.33. The average Bonchev–Trinajstić information content (AvgIpc) is 2.71. The normalized spacial score (nSPS) is 30.3. The Kier molecular flexibility index (Phi) is 5.51. The van der Waals surface area contributed by atoms with Crippen molar-refractivity contribution in [3.8, 4) is 0 Å². The summed E-state index contributed by atoms with van der Waals surface area (Å²) in [5.74, 6) is 2.59. The first kappa shape index (κ1) is 14.8. The van der Waals surface area contributed by atoms with Crippen LogP contribution >= 0.6 is 33.9 Å². The number of halogens is 1. The summed E-state index contributed by atoms with van der Waals surface area (Å²) >= 11 is 4.30. The second-order valence-electron chi connectivity index (χ2n) is 5.90. The molecule has 1 nitrogen and oxygen atoms in total. The fourth-order valence-electron chi connectivity index (χ4n) is 3.54. The number of nitrogens with one attached hydrogen (secondary N) is 1. The molecule has 0 bridgehead atoms. The van der Waals surface area contributed by atoms with E-state index in [0.717, 1.165) is 24.3 Å². The van der Waals surface area contributed by atoms with Gasteiger partial charge in [0, 0.05) is 6.04 Å². The second kappa shape index (κ2) is 6.71. The van der Waals surface area contributed by atoms with Gasteiger partial charge in [0.25, 0.3) is 0 Å². The van der Waals surface area contributed by atoms with E-state index in [9.17, 15) is 0 Å². The third-order valence-corrected chi connectivity index (χ3v) is 5.86. The maximum Gasteiger partial charge on any atom is 0.0656 e. The molecule has 1 saturated carbocycles. The highest BCUT2D eigenvalue weighted by atomic mass is 127. The summed E-state index contributed by atoms with van der Waals surface area (Å²) in [4.78, 5) is 0. The highest BCUT2D eigenvalue weighted by molar-refractivity contribution is 14.1. The van der Waals surface area contributed by atoms with Crippen molar-refractivity contribution < 1.29 is 0 Å². The smallest absolute Gasteiger partial charge is 0.0656 e. The molecule has 0 saturated heterocycles. The van der Waals surface area contributed by atoms with Crippen molar-refractivity contribution in [2.75, 3.05) is 6.54 Å². The van der Waals surface area contributed by atoms with Crippen LogP contribution in [0.15, 0.2) is 11.4 Å². The van der Waals surface area contributed by atoms with Gasteiger partial charge in [-0.25, -0.2) is 0 Å². The van der Waals surface area contributed by atoms with E-state index >= 15 is 0 Å². The number of hydrogen-bond acceptors (Lipinski definition) is 2. The fourth-order valence-corrected chi connectivity index (χ4v) is 4.95. The van der Waals surface area contributed by atoms with Crippen LogP contribution in [0.4, 0.5) is 0 Å². The van der Waals surface area contributed by atoms with E-state index in [4.69, 9.17) is 0 Å². The summed E-state index contributed by atoms with van der Waals surface area (Å²) < 4.78 is 1.41. The number of rotatable bonds is 4. The Labute approximate surface area is 129 Å². The molecule has 1 aromatic rings. The van der Waals surface area contributed by atoms with E-state index in [1.54, 1.807) is 0 Å². The first-order valence-electron chi connectivity index (χ1n) is 7.07. The Hall–Kier alpha value is 0.390. The quantitative estimate of drug-likeness (QED) is 0.722. The lowest BCUT2D eigenvalue weighted by molar-refractivity contribution is 0.177. The first-order chi connectivity index (χ1) is 8.60. The molecule has 0 aromatic carbocycles. The van der Waals surface area contributed by atoms with E-state index in [1.807, 2.05) is 11.3 Å². The lowest BCUT2D eigenvalue weighted by atomic mass is 9.72. The average molecular weight is 377 g/mol. The van der Waals surface area contributed by atoms with Gasteiger partial charge in [0.05, 0.1) is 2.88 Å². The highest BCUT2D eigenvalue weighted by Gasteiger charge is 2.30. The summed E-state index contributed by atoms with van der Waals surface area (Å²) in [6.45, 7) is 8.13. The van der Waals surface area contributed by atoms with E-state index < -0.39 is 0 Å². The van der Waals surface area contributed by atoms with Crippen molar-refractivity contribution in [3.05, 3.63) is 19.9 Å². The van der Waals surface area contributed by atoms with E-state index in [2.05, 4.69) is 60.1 Å². The van der Waals surface area contributed by atoms with Crippen LogP contribution in [0.25, 0.3) is 0 Å². The molecule has 102 valence electrons. The largest absolute Gasteiger partial charge is 0.310 e. The molecule has 1 fully saturated rings. The van der Waals surface area contributed by atoms with Crippen LogP contribution in [0.5, 0.6) is 0 Å². The molecule has 1 aromatic heterocycles. The number of hydrogen-bond donors (Lipinski definition) is 1. The van der Waals surface area contributed by atoms with Gasteiger partial charge < -0.3 is 5.32 Å². The molecule has 0 amide bonds. The SMILES string of the molecule is CCNC(c1csc(I)c1)C1CC(C)CC(C)C1. The van der Waals surface area contributed by atoms with Crippen molar-refractivity contribution in [3.63, 3.8) is 0 Å². The Morgan fingerprint density at radius 2 is 2.00 bits per heavy atom. The molecule has 2 rings (SSSR count). The van der Waals surface area contributed by atoms with Crippen molar-refractivity contribution >= 4 is 33.9 Å². The van der Waals surface area contributed by atoms with Crippen molar-refractivity contribution in [1.29, 1.82) is 0 Å². The Bertz CT molecular complexity index is 366. The van der Waals surface area contributed by atoms with Crippen LogP contribution < -0.4 is 5.32 Å². The van der Waals surface area contributed by atoms with Crippen LogP contribution in [0.2, 0.25) is 0 Å². The molecule has 3 unspecified atom stereocenters. The Morgan fingerprint density at radius 3 is 2.50 bits per heavy atom. The maximum atomic E-state index is 3.73. The molecule has 1 aliphatic rings. The molecule has 1 N–H and O–H groups in total. The standard InChI is InChI=1S/C15H24INS/c1-4-17-15(13-8-14(16)18-9-13)12-6-10(2)5-11(3)7-12/h8-12,15,17H,4-7H2,1-3H3. The predicted molar refractivity (Wildman–Crippen MR) is 89.1 cm³/mol. The summed E-state index contributed by atoms with van der Waals surface area (Å²) in [6, 6.07) is 2.93. The molecule has 0 aliphatic heterocycles. The monoisotopic (exact) mass is 377 g/mol. The minimum atomic E-state index is 0.569. The summed E-state index contributed by atoms with van der Waals surface area (Å²) in [5, 5.41) is 6.07. The highest BCUT2D eigenvalue weighted by Crippen LogP contribution is 2.40. The van der Waals surface area contributed by atoms with Gasteiger partial charge in [-0.15, -0.1) is 11.3 Å². The van der Waals surface area contributed by atoms with Gasteiger partial charge in [-0.2, -0.15) is 0 Å². The van der Waals surface area contributed by atoms with E-state index in [1.165, 1.54) is 27.7 Å². The molecule has 3 atom stereocenters. The summed E-state index contributed by atoms with van der Waals surface area (Å²) in [7, 11) is 0. The van der Waals surface area contributed by atoms with Crippen molar-refractivity contribution in [2.24, 2.45) is 17.8 Å². The summed E-state index contributed by atoms with van der Waals surface area (Å²) in [6.07, 6.45) is 4.18. The molecule has 0 spiro atoms. The van der Waals surface area contributed by atoms with Crippen LogP contribution in [0.1, 0.15) is 51.6 Å². The van der Waals surface area contributed by atoms with Gasteiger partial charge in [-0.3, -0.25) is 0 Å². The molecule has 1 aliphatic carbocycles. The van der Waals surface area contributed by atoms with Crippen LogP contribution in [0, 0.1) is 20.6 Å². The second-order valence-corrected chi connectivity index (χ2v) is 8.70. The van der Waals surface area contributed by atoms with Crippen molar-refractivity contribution in [2.45, 2.75) is 46.1 Å². The molecule has 3 heteroatoms. The minimum Gasteiger partial charge on any atom is -0.310 e. The molecule has 0 radical (unpaired) electrons. The van der Waals surface area contributed by atoms with Crippen LogP contribution in [0.3, 0.4) is 0 Å². The molecule has 18 heavy (non-hydrogen) atoms. The van der Waals surface area contributed by atoms with E-state index in [-0.39, 0.29) is 0 Å².